The highest BCUT2D eigenvalue weighted by atomic mass is 16.6. The number of hydrogen-bond acceptors (Lipinski definition) is 6. The van der Waals surface area contributed by atoms with Crippen LogP contribution in [0.5, 0.6) is 0 Å². The Labute approximate surface area is 210 Å². The summed E-state index contributed by atoms with van der Waals surface area (Å²) in [5, 5.41) is 12.7. The molecule has 1 saturated heterocycles. The van der Waals surface area contributed by atoms with E-state index < -0.39 is 30.0 Å². The SMILES string of the molecule is O=C(NO)C1CC2(CC2)CN(C(=O)OCc2ccccc2)C1C(=O)C1CC(c2ccccc2)=CCN1. The smallest absolute Gasteiger partial charge is 0.410 e. The number of ether oxygens (including phenoxy) is 1. The highest BCUT2D eigenvalue weighted by Crippen LogP contribution is 2.55. The molecule has 8 nitrogen and oxygen atoms in total. The molecule has 0 bridgehead atoms. The van der Waals surface area contributed by atoms with Crippen LogP contribution in [0, 0.1) is 11.3 Å². The zero-order valence-electron chi connectivity index (χ0n) is 20.1. The van der Waals surface area contributed by atoms with Gasteiger partial charge in [-0.2, -0.15) is 0 Å². The number of rotatable bonds is 6. The van der Waals surface area contributed by atoms with Gasteiger partial charge in [0.1, 0.15) is 12.6 Å². The van der Waals surface area contributed by atoms with Crippen molar-refractivity contribution in [2.24, 2.45) is 11.3 Å². The summed E-state index contributed by atoms with van der Waals surface area (Å²) in [7, 11) is 0. The average molecular weight is 490 g/mol. The number of nitrogens with one attached hydrogen (secondary N) is 2. The first-order valence-corrected chi connectivity index (χ1v) is 12.4. The molecule has 2 fully saturated rings. The number of piperidine rings is 1. The second-order valence-corrected chi connectivity index (χ2v) is 10.1. The molecule has 2 heterocycles. The first-order valence-electron chi connectivity index (χ1n) is 12.4. The van der Waals surface area contributed by atoms with E-state index in [-0.39, 0.29) is 17.8 Å². The molecule has 2 aromatic rings. The monoisotopic (exact) mass is 489 g/mol. The summed E-state index contributed by atoms with van der Waals surface area (Å²) < 4.78 is 5.62. The molecule has 0 aromatic heterocycles. The van der Waals surface area contributed by atoms with Crippen LogP contribution in [-0.4, -0.2) is 53.1 Å². The topological polar surface area (TPSA) is 108 Å². The number of ketones is 1. The highest BCUT2D eigenvalue weighted by Gasteiger charge is 2.57. The molecule has 5 rings (SSSR count). The molecule has 3 unspecified atom stereocenters. The van der Waals surface area contributed by atoms with Crippen LogP contribution in [0.3, 0.4) is 0 Å². The normalized spacial score (nSPS) is 24.5. The largest absolute Gasteiger partial charge is 0.445 e. The summed E-state index contributed by atoms with van der Waals surface area (Å²) in [6, 6.07) is 17.6. The van der Waals surface area contributed by atoms with Crippen molar-refractivity contribution in [2.45, 2.75) is 44.4 Å². The minimum Gasteiger partial charge on any atom is -0.445 e. The number of Topliss-reactive ketones (excluding diaryl/α,β-unsaturated/α-hetero) is 1. The van der Waals surface area contributed by atoms with Gasteiger partial charge >= 0.3 is 6.09 Å². The van der Waals surface area contributed by atoms with Crippen LogP contribution in [0.15, 0.2) is 66.7 Å². The molecule has 1 spiro atoms. The van der Waals surface area contributed by atoms with E-state index in [1.165, 1.54) is 4.90 Å². The molecule has 3 N–H and O–H groups in total. The van der Waals surface area contributed by atoms with Crippen LogP contribution in [0.1, 0.15) is 36.8 Å². The van der Waals surface area contributed by atoms with E-state index >= 15 is 0 Å². The van der Waals surface area contributed by atoms with Gasteiger partial charge in [0.25, 0.3) is 0 Å². The molecule has 0 radical (unpaired) electrons. The third kappa shape index (κ3) is 5.05. The summed E-state index contributed by atoms with van der Waals surface area (Å²) in [5.74, 6) is -1.73. The molecule has 36 heavy (non-hydrogen) atoms. The van der Waals surface area contributed by atoms with E-state index in [4.69, 9.17) is 4.74 Å². The predicted molar refractivity (Wildman–Crippen MR) is 133 cm³/mol. The number of likely N-dealkylation sites (tertiary alicyclic amines) is 1. The van der Waals surface area contributed by atoms with Gasteiger partial charge in [0.2, 0.25) is 5.91 Å². The minimum atomic E-state index is -1.03. The number of amides is 2. The van der Waals surface area contributed by atoms with Crippen molar-refractivity contribution in [1.82, 2.24) is 15.7 Å². The maximum absolute atomic E-state index is 14.0. The van der Waals surface area contributed by atoms with Crippen LogP contribution < -0.4 is 10.8 Å². The van der Waals surface area contributed by atoms with Crippen LogP contribution in [0.4, 0.5) is 4.79 Å². The van der Waals surface area contributed by atoms with Gasteiger partial charge in [-0.15, -0.1) is 0 Å². The van der Waals surface area contributed by atoms with E-state index in [1.807, 2.05) is 60.7 Å². The molecule has 3 atom stereocenters. The van der Waals surface area contributed by atoms with Gasteiger partial charge in [-0.1, -0.05) is 66.7 Å². The Hall–Kier alpha value is -3.49. The van der Waals surface area contributed by atoms with Crippen molar-refractivity contribution in [3.63, 3.8) is 0 Å². The molecule has 2 aromatic carbocycles. The van der Waals surface area contributed by atoms with E-state index in [0.717, 1.165) is 29.5 Å². The third-order valence-corrected chi connectivity index (χ3v) is 7.64. The summed E-state index contributed by atoms with van der Waals surface area (Å²) in [4.78, 5) is 41.6. The van der Waals surface area contributed by atoms with E-state index in [1.54, 1.807) is 5.48 Å². The van der Waals surface area contributed by atoms with Gasteiger partial charge in [0.05, 0.1) is 12.0 Å². The average Bonchev–Trinajstić information content (AvgIpc) is 3.69. The maximum Gasteiger partial charge on any atom is 0.410 e. The molecular weight excluding hydrogens is 458 g/mol. The molecule has 2 aliphatic heterocycles. The lowest BCUT2D eigenvalue weighted by atomic mass is 9.76. The third-order valence-electron chi connectivity index (χ3n) is 7.64. The van der Waals surface area contributed by atoms with Crippen molar-refractivity contribution < 1.29 is 24.3 Å². The van der Waals surface area contributed by atoms with Crippen LogP contribution >= 0.6 is 0 Å². The summed E-state index contributed by atoms with van der Waals surface area (Å²) in [6.07, 6.45) is 4.08. The standard InChI is InChI=1S/C28H31N3O5/c32-25(23-15-21(11-14-29-23)20-9-5-2-6-10-20)24-22(26(33)30-35)16-28(12-13-28)18-31(24)27(34)36-17-19-7-3-1-4-8-19/h1-11,22-24,29,35H,12-18H2,(H,30,33). The molecule has 3 aliphatic rings. The van der Waals surface area contributed by atoms with Crippen molar-refractivity contribution in [2.75, 3.05) is 13.1 Å². The predicted octanol–water partition coefficient (Wildman–Crippen LogP) is 3.31. The summed E-state index contributed by atoms with van der Waals surface area (Å²) in [5.41, 5.74) is 4.45. The number of carbonyl (C=O) groups is 3. The van der Waals surface area contributed by atoms with Crippen LogP contribution in [0.2, 0.25) is 0 Å². The molecule has 8 heteroatoms. The molecule has 1 aliphatic carbocycles. The molecule has 2 amide bonds. The lowest BCUT2D eigenvalue weighted by Gasteiger charge is -2.44. The zero-order valence-corrected chi connectivity index (χ0v) is 20.1. The lowest BCUT2D eigenvalue weighted by molar-refractivity contribution is -0.145. The first kappa shape index (κ1) is 24.2. The van der Waals surface area contributed by atoms with Crippen LogP contribution in [0.25, 0.3) is 5.57 Å². The Balaban J connectivity index is 1.39. The number of hydrogen-bond donors (Lipinski definition) is 3. The quantitative estimate of drug-likeness (QED) is 0.425. The summed E-state index contributed by atoms with van der Waals surface area (Å²) >= 11 is 0. The van der Waals surface area contributed by atoms with E-state index in [0.29, 0.717) is 25.9 Å². The number of hydroxylamine groups is 1. The Morgan fingerprint density at radius 1 is 1.06 bits per heavy atom. The van der Waals surface area contributed by atoms with Crippen molar-refractivity contribution in [1.29, 1.82) is 0 Å². The van der Waals surface area contributed by atoms with Crippen LogP contribution in [-0.2, 0) is 20.9 Å². The first-order chi connectivity index (χ1) is 17.5. The van der Waals surface area contributed by atoms with Gasteiger partial charge in [-0.05, 0) is 47.8 Å². The van der Waals surface area contributed by atoms with E-state index in [2.05, 4.69) is 11.4 Å². The Bertz CT molecular complexity index is 1150. The minimum absolute atomic E-state index is 0.0729. The van der Waals surface area contributed by atoms with Gasteiger partial charge in [0, 0.05) is 13.1 Å². The molecule has 188 valence electrons. The molecular formula is C28H31N3O5. The van der Waals surface area contributed by atoms with Crippen molar-refractivity contribution in [3.8, 4) is 0 Å². The maximum atomic E-state index is 14.0. The van der Waals surface area contributed by atoms with Gasteiger partial charge in [-0.3, -0.25) is 19.7 Å². The number of nitrogens with zero attached hydrogens (tertiary/aromatic N) is 1. The Kier molecular flexibility index (Phi) is 6.89. The highest BCUT2D eigenvalue weighted by molar-refractivity contribution is 5.98. The second kappa shape index (κ2) is 10.2. The fraction of sp³-hybridized carbons (Fsp3) is 0.393. The fourth-order valence-corrected chi connectivity index (χ4v) is 5.50. The Morgan fingerprint density at radius 3 is 2.42 bits per heavy atom. The lowest BCUT2D eigenvalue weighted by Crippen LogP contribution is -2.62. The second-order valence-electron chi connectivity index (χ2n) is 10.1. The van der Waals surface area contributed by atoms with Gasteiger partial charge < -0.3 is 10.1 Å². The van der Waals surface area contributed by atoms with Gasteiger partial charge in [0.15, 0.2) is 5.78 Å². The zero-order chi connectivity index (χ0) is 25.1. The summed E-state index contributed by atoms with van der Waals surface area (Å²) in [6.45, 7) is 0.941. The number of benzene rings is 2. The fourth-order valence-electron chi connectivity index (χ4n) is 5.50. The van der Waals surface area contributed by atoms with E-state index in [9.17, 15) is 19.6 Å². The van der Waals surface area contributed by atoms with Gasteiger partial charge in [-0.25, -0.2) is 10.3 Å². The Morgan fingerprint density at radius 2 is 1.75 bits per heavy atom. The molecule has 1 saturated carbocycles. The van der Waals surface area contributed by atoms with Crippen molar-refractivity contribution in [3.05, 3.63) is 77.9 Å². The van der Waals surface area contributed by atoms with Crippen molar-refractivity contribution >= 4 is 23.4 Å². The number of carbonyl (C=O) groups excluding carboxylic acids is 3.